The number of carbonyl (C=O) groups is 2. The molecule has 8 nitrogen and oxygen atoms in total. The van der Waals surface area contributed by atoms with E-state index in [1.54, 1.807) is 46.1 Å². The molecule has 1 amide bonds. The predicted molar refractivity (Wildman–Crippen MR) is 140 cm³/mol. The average Bonchev–Trinajstić information content (AvgIpc) is 3.53. The zero-order valence-corrected chi connectivity index (χ0v) is 21.1. The second-order valence-corrected chi connectivity index (χ2v) is 9.15. The number of esters is 1. The van der Waals surface area contributed by atoms with Gasteiger partial charge >= 0.3 is 5.97 Å². The first kappa shape index (κ1) is 26.1. The number of hydrogen-bond acceptors (Lipinski definition) is 6. The normalized spacial score (nSPS) is 15.1. The van der Waals surface area contributed by atoms with Crippen LogP contribution in [0.1, 0.15) is 22.9 Å². The number of ether oxygens (including phenoxy) is 2. The van der Waals surface area contributed by atoms with Gasteiger partial charge < -0.3 is 20.1 Å². The van der Waals surface area contributed by atoms with Gasteiger partial charge in [0.25, 0.3) is 5.91 Å². The van der Waals surface area contributed by atoms with Crippen LogP contribution >= 0.6 is 0 Å². The smallest absolute Gasteiger partial charge is 0.310 e. The highest BCUT2D eigenvalue weighted by atomic mass is 19.1. The van der Waals surface area contributed by atoms with E-state index in [0.717, 1.165) is 5.56 Å². The molecule has 1 saturated heterocycles. The fourth-order valence-corrected chi connectivity index (χ4v) is 4.52. The van der Waals surface area contributed by atoms with Crippen LogP contribution in [0.5, 0.6) is 0 Å². The molecular formula is C29H26F2N4O4. The number of nitrogens with two attached hydrogens (primary N) is 1. The zero-order valence-electron chi connectivity index (χ0n) is 21.1. The summed E-state index contributed by atoms with van der Waals surface area (Å²) in [6.07, 6.45) is 1.53. The third kappa shape index (κ3) is 5.65. The topological polar surface area (TPSA) is 99.7 Å². The number of nitrogens with zero attached hydrogens (tertiary/aromatic N) is 3. The van der Waals surface area contributed by atoms with Gasteiger partial charge in [-0.15, -0.1) is 0 Å². The molecule has 5 rings (SSSR count). The SMILES string of the molecule is COC(=O)Cc1cc(CCN2C(=O)COC2c2cn(-c3ccc(F)cc3)nc2-c2ccc(F)cc2)ccc1N. The Bertz CT molecular complexity index is 1500. The monoisotopic (exact) mass is 532 g/mol. The molecule has 200 valence electrons. The summed E-state index contributed by atoms with van der Waals surface area (Å²) in [6, 6.07) is 17.1. The van der Waals surface area contributed by atoms with Gasteiger partial charge in [-0.2, -0.15) is 5.10 Å². The number of hydrogen-bond donors (Lipinski definition) is 1. The highest BCUT2D eigenvalue weighted by Crippen LogP contribution is 2.35. The Morgan fingerprint density at radius 3 is 2.46 bits per heavy atom. The van der Waals surface area contributed by atoms with Gasteiger partial charge in [-0.25, -0.2) is 13.5 Å². The van der Waals surface area contributed by atoms with Crippen molar-refractivity contribution in [3.63, 3.8) is 0 Å². The molecule has 1 aromatic heterocycles. The lowest BCUT2D eigenvalue weighted by atomic mass is 10.0. The predicted octanol–water partition coefficient (Wildman–Crippen LogP) is 4.22. The Hall–Kier alpha value is -4.57. The highest BCUT2D eigenvalue weighted by Gasteiger charge is 2.36. The van der Waals surface area contributed by atoms with Crippen LogP contribution in [0.3, 0.4) is 0 Å². The Labute approximate surface area is 223 Å². The maximum atomic E-state index is 13.7. The second kappa shape index (κ2) is 11.0. The average molecular weight is 533 g/mol. The number of benzene rings is 3. The van der Waals surface area contributed by atoms with E-state index in [0.29, 0.717) is 46.7 Å². The van der Waals surface area contributed by atoms with Crippen LogP contribution in [0.25, 0.3) is 16.9 Å². The lowest BCUT2D eigenvalue weighted by Gasteiger charge is -2.23. The van der Waals surface area contributed by atoms with Crippen molar-refractivity contribution in [2.24, 2.45) is 0 Å². The van der Waals surface area contributed by atoms with Crippen LogP contribution in [-0.2, 0) is 31.9 Å². The van der Waals surface area contributed by atoms with E-state index in [4.69, 9.17) is 15.2 Å². The summed E-state index contributed by atoms with van der Waals surface area (Å²) in [4.78, 5) is 26.3. The molecule has 2 heterocycles. The molecule has 1 fully saturated rings. The van der Waals surface area contributed by atoms with Crippen LogP contribution in [0.15, 0.2) is 72.9 Å². The van der Waals surface area contributed by atoms with Gasteiger partial charge in [-0.05, 0) is 72.1 Å². The molecule has 2 N–H and O–H groups in total. The Balaban J connectivity index is 1.45. The molecule has 0 saturated carbocycles. The molecule has 4 aromatic rings. The van der Waals surface area contributed by atoms with Gasteiger partial charge in [0, 0.05) is 29.6 Å². The third-order valence-corrected chi connectivity index (χ3v) is 6.60. The molecule has 3 aromatic carbocycles. The summed E-state index contributed by atoms with van der Waals surface area (Å²) < 4.78 is 39.4. The fraction of sp³-hybridized carbons (Fsp3) is 0.207. The summed E-state index contributed by atoms with van der Waals surface area (Å²) >= 11 is 0. The van der Waals surface area contributed by atoms with Gasteiger partial charge in [-0.3, -0.25) is 9.59 Å². The van der Waals surface area contributed by atoms with Crippen LogP contribution < -0.4 is 5.73 Å². The van der Waals surface area contributed by atoms with Crippen LogP contribution in [0.2, 0.25) is 0 Å². The molecule has 10 heteroatoms. The number of anilines is 1. The number of rotatable bonds is 8. The molecule has 0 bridgehead atoms. The Morgan fingerprint density at radius 1 is 1.08 bits per heavy atom. The largest absolute Gasteiger partial charge is 0.469 e. The minimum Gasteiger partial charge on any atom is -0.469 e. The number of methoxy groups -OCH3 is 1. The molecule has 39 heavy (non-hydrogen) atoms. The van der Waals surface area contributed by atoms with E-state index in [1.807, 2.05) is 12.1 Å². The summed E-state index contributed by atoms with van der Waals surface area (Å²) in [6.45, 7) is 0.222. The number of aromatic nitrogens is 2. The van der Waals surface area contributed by atoms with Crippen molar-refractivity contribution in [2.75, 3.05) is 26.0 Å². The Morgan fingerprint density at radius 2 is 1.77 bits per heavy atom. The van der Waals surface area contributed by atoms with E-state index in [-0.39, 0.29) is 30.6 Å². The molecule has 0 radical (unpaired) electrons. The maximum absolute atomic E-state index is 13.7. The van der Waals surface area contributed by atoms with Crippen molar-refractivity contribution in [1.29, 1.82) is 0 Å². The van der Waals surface area contributed by atoms with Gasteiger partial charge in [0.2, 0.25) is 0 Å². The number of amides is 1. The lowest BCUT2D eigenvalue weighted by molar-refractivity contribution is -0.139. The summed E-state index contributed by atoms with van der Waals surface area (Å²) in [5, 5.41) is 4.69. The first-order valence-corrected chi connectivity index (χ1v) is 12.3. The van der Waals surface area contributed by atoms with Gasteiger partial charge in [0.1, 0.15) is 23.9 Å². The molecule has 0 aliphatic carbocycles. The minimum absolute atomic E-state index is 0.0498. The first-order chi connectivity index (χ1) is 18.8. The van der Waals surface area contributed by atoms with Crippen molar-refractivity contribution in [3.05, 3.63) is 101 Å². The van der Waals surface area contributed by atoms with Crippen molar-refractivity contribution in [2.45, 2.75) is 19.1 Å². The fourth-order valence-electron chi connectivity index (χ4n) is 4.52. The highest BCUT2D eigenvalue weighted by molar-refractivity contribution is 5.80. The second-order valence-electron chi connectivity index (χ2n) is 9.15. The molecule has 1 atom stereocenters. The lowest BCUT2D eigenvalue weighted by Crippen LogP contribution is -2.30. The van der Waals surface area contributed by atoms with E-state index >= 15 is 0 Å². The first-order valence-electron chi connectivity index (χ1n) is 12.3. The van der Waals surface area contributed by atoms with Crippen molar-refractivity contribution in [3.8, 4) is 16.9 Å². The molecule has 1 aliphatic heterocycles. The van der Waals surface area contributed by atoms with Crippen molar-refractivity contribution >= 4 is 17.6 Å². The van der Waals surface area contributed by atoms with Gasteiger partial charge in [0.15, 0.2) is 6.23 Å². The number of nitrogen functional groups attached to an aromatic ring is 1. The molecule has 1 aliphatic rings. The maximum Gasteiger partial charge on any atom is 0.310 e. The summed E-state index contributed by atoms with van der Waals surface area (Å²) in [7, 11) is 1.32. The van der Waals surface area contributed by atoms with Crippen LogP contribution in [0, 0.1) is 11.6 Å². The summed E-state index contributed by atoms with van der Waals surface area (Å²) in [5.74, 6) is -1.35. The Kier molecular flexibility index (Phi) is 7.38. The molecular weight excluding hydrogens is 506 g/mol. The standard InChI is InChI=1S/C29H26F2N4O4/c1-38-27(37)15-20-14-18(2-11-25(20)32)12-13-34-26(36)17-39-29(34)24-16-35(23-9-7-22(31)8-10-23)33-28(24)19-3-5-21(30)6-4-19/h2-11,14,16,29H,12-13,15,17,32H2,1H3. The van der Waals surface area contributed by atoms with E-state index in [2.05, 4.69) is 5.10 Å². The molecule has 1 unspecified atom stereocenters. The van der Waals surface area contributed by atoms with Crippen LogP contribution in [-0.4, -0.2) is 46.8 Å². The van der Waals surface area contributed by atoms with Crippen molar-refractivity contribution < 1.29 is 27.8 Å². The van der Waals surface area contributed by atoms with Crippen LogP contribution in [0.4, 0.5) is 14.5 Å². The van der Waals surface area contributed by atoms with Crippen molar-refractivity contribution in [1.82, 2.24) is 14.7 Å². The molecule has 0 spiro atoms. The van der Waals surface area contributed by atoms with Gasteiger partial charge in [-0.1, -0.05) is 12.1 Å². The third-order valence-electron chi connectivity index (χ3n) is 6.60. The quantitative estimate of drug-likeness (QED) is 0.270. The minimum atomic E-state index is -0.741. The van der Waals surface area contributed by atoms with Gasteiger partial charge in [0.05, 0.1) is 19.2 Å². The number of halogens is 2. The zero-order chi connectivity index (χ0) is 27.5. The van der Waals surface area contributed by atoms with E-state index < -0.39 is 12.2 Å². The summed E-state index contributed by atoms with van der Waals surface area (Å²) in [5.41, 5.74) is 10.4. The number of carbonyl (C=O) groups excluding carboxylic acids is 2. The van der Waals surface area contributed by atoms with E-state index in [1.165, 1.54) is 31.4 Å². The van der Waals surface area contributed by atoms with E-state index in [9.17, 15) is 18.4 Å².